The Bertz CT molecular complexity index is 314. The Balaban J connectivity index is 2.40. The third kappa shape index (κ3) is 5.51. The van der Waals surface area contributed by atoms with Crippen molar-refractivity contribution in [2.45, 2.75) is 45.2 Å². The summed E-state index contributed by atoms with van der Waals surface area (Å²) in [7, 11) is 2.18. The van der Waals surface area contributed by atoms with E-state index in [1.54, 1.807) is 11.3 Å². The maximum absolute atomic E-state index is 5.87. The molecule has 0 bridgehead atoms. The highest BCUT2D eigenvalue weighted by Gasteiger charge is 2.13. The molecule has 2 N–H and O–H groups in total. The molecule has 0 aliphatic heterocycles. The molecule has 0 fully saturated rings. The molecule has 98 valence electrons. The van der Waals surface area contributed by atoms with Crippen LogP contribution in [-0.4, -0.2) is 24.5 Å². The highest BCUT2D eigenvalue weighted by atomic mass is 79.9. The maximum Gasteiger partial charge on any atom is 0.0328 e. The van der Waals surface area contributed by atoms with Crippen LogP contribution in [0.1, 0.15) is 37.5 Å². The van der Waals surface area contributed by atoms with E-state index in [1.807, 2.05) is 0 Å². The molecular weight excluding hydrogens is 296 g/mol. The van der Waals surface area contributed by atoms with E-state index in [9.17, 15) is 0 Å². The van der Waals surface area contributed by atoms with Gasteiger partial charge in [0, 0.05) is 33.9 Å². The second kappa shape index (κ2) is 8.25. The Labute approximate surface area is 117 Å². The molecule has 0 saturated heterocycles. The third-order valence-corrected chi connectivity index (χ3v) is 4.75. The van der Waals surface area contributed by atoms with Crippen molar-refractivity contribution in [2.24, 2.45) is 5.73 Å². The molecule has 17 heavy (non-hydrogen) atoms. The molecule has 1 heterocycles. The van der Waals surface area contributed by atoms with E-state index in [-0.39, 0.29) is 0 Å². The van der Waals surface area contributed by atoms with E-state index in [4.69, 9.17) is 5.73 Å². The summed E-state index contributed by atoms with van der Waals surface area (Å²) in [5.41, 5.74) is 5.87. The zero-order valence-corrected chi connectivity index (χ0v) is 13.2. The quantitative estimate of drug-likeness (QED) is 0.738. The van der Waals surface area contributed by atoms with Gasteiger partial charge in [-0.05, 0) is 35.5 Å². The SMILES string of the molecule is CCCCCC(CN)N(C)Cc1cc(Br)cs1. The first-order chi connectivity index (χ1) is 8.17. The number of rotatable bonds is 8. The average Bonchev–Trinajstić information content (AvgIpc) is 2.70. The molecule has 1 aromatic rings. The van der Waals surface area contributed by atoms with Gasteiger partial charge in [-0.2, -0.15) is 0 Å². The molecule has 0 aliphatic carbocycles. The lowest BCUT2D eigenvalue weighted by Gasteiger charge is -2.26. The van der Waals surface area contributed by atoms with Crippen LogP contribution >= 0.6 is 27.3 Å². The van der Waals surface area contributed by atoms with Gasteiger partial charge in [0.25, 0.3) is 0 Å². The minimum atomic E-state index is 0.516. The molecule has 1 rings (SSSR count). The molecule has 0 amide bonds. The van der Waals surface area contributed by atoms with Gasteiger partial charge >= 0.3 is 0 Å². The van der Waals surface area contributed by atoms with Gasteiger partial charge in [-0.15, -0.1) is 11.3 Å². The molecule has 1 unspecified atom stereocenters. The number of nitrogens with zero attached hydrogens (tertiary/aromatic N) is 1. The summed E-state index contributed by atoms with van der Waals surface area (Å²) >= 11 is 5.30. The summed E-state index contributed by atoms with van der Waals surface area (Å²) in [5, 5.41) is 2.14. The van der Waals surface area contributed by atoms with E-state index in [2.05, 4.69) is 46.2 Å². The van der Waals surface area contributed by atoms with Crippen molar-refractivity contribution in [1.29, 1.82) is 0 Å². The van der Waals surface area contributed by atoms with Crippen molar-refractivity contribution in [1.82, 2.24) is 4.90 Å². The van der Waals surface area contributed by atoms with Gasteiger partial charge in [0.05, 0.1) is 0 Å². The Morgan fingerprint density at radius 2 is 2.24 bits per heavy atom. The van der Waals surface area contributed by atoms with Crippen molar-refractivity contribution < 1.29 is 0 Å². The lowest BCUT2D eigenvalue weighted by molar-refractivity contribution is 0.224. The van der Waals surface area contributed by atoms with Gasteiger partial charge in [-0.25, -0.2) is 0 Å². The lowest BCUT2D eigenvalue weighted by Crippen LogP contribution is -2.37. The van der Waals surface area contributed by atoms with Crippen LogP contribution in [0.2, 0.25) is 0 Å². The van der Waals surface area contributed by atoms with Gasteiger partial charge < -0.3 is 5.73 Å². The van der Waals surface area contributed by atoms with Crippen LogP contribution in [0.25, 0.3) is 0 Å². The number of likely N-dealkylation sites (N-methyl/N-ethyl adjacent to an activating group) is 1. The monoisotopic (exact) mass is 318 g/mol. The van der Waals surface area contributed by atoms with E-state index in [0.717, 1.165) is 13.1 Å². The van der Waals surface area contributed by atoms with Gasteiger partial charge in [0.15, 0.2) is 0 Å². The first-order valence-electron chi connectivity index (χ1n) is 6.30. The van der Waals surface area contributed by atoms with Crippen molar-refractivity contribution in [3.8, 4) is 0 Å². The molecule has 1 aromatic heterocycles. The lowest BCUT2D eigenvalue weighted by atomic mass is 10.1. The van der Waals surface area contributed by atoms with Crippen LogP contribution in [0.3, 0.4) is 0 Å². The molecule has 4 heteroatoms. The van der Waals surface area contributed by atoms with Crippen molar-refractivity contribution >= 4 is 27.3 Å². The van der Waals surface area contributed by atoms with Gasteiger partial charge in [-0.3, -0.25) is 4.90 Å². The average molecular weight is 319 g/mol. The van der Waals surface area contributed by atoms with Gasteiger partial charge in [0.2, 0.25) is 0 Å². The molecule has 0 radical (unpaired) electrons. The van der Waals surface area contributed by atoms with Crippen LogP contribution in [0.15, 0.2) is 15.9 Å². The molecule has 0 saturated carbocycles. The van der Waals surface area contributed by atoms with Crippen LogP contribution in [0, 0.1) is 0 Å². The highest BCUT2D eigenvalue weighted by Crippen LogP contribution is 2.22. The Kier molecular flexibility index (Phi) is 7.35. The van der Waals surface area contributed by atoms with Crippen molar-refractivity contribution in [3.05, 3.63) is 20.8 Å². The zero-order valence-electron chi connectivity index (χ0n) is 10.8. The molecule has 0 aliphatic rings. The second-order valence-corrected chi connectivity index (χ2v) is 6.44. The molecule has 0 spiro atoms. The van der Waals surface area contributed by atoms with Crippen molar-refractivity contribution in [3.63, 3.8) is 0 Å². The highest BCUT2D eigenvalue weighted by molar-refractivity contribution is 9.10. The Morgan fingerprint density at radius 3 is 2.76 bits per heavy atom. The molecule has 1 atom stereocenters. The smallest absolute Gasteiger partial charge is 0.0328 e. The summed E-state index contributed by atoms with van der Waals surface area (Å²) in [4.78, 5) is 3.78. The zero-order chi connectivity index (χ0) is 12.7. The van der Waals surface area contributed by atoms with Crippen molar-refractivity contribution in [2.75, 3.05) is 13.6 Å². The molecule has 2 nitrogen and oxygen atoms in total. The number of hydrogen-bond acceptors (Lipinski definition) is 3. The summed E-state index contributed by atoms with van der Waals surface area (Å²) in [6, 6.07) is 2.71. The fraction of sp³-hybridized carbons (Fsp3) is 0.692. The van der Waals surface area contributed by atoms with Crippen LogP contribution in [0.5, 0.6) is 0 Å². The third-order valence-electron chi connectivity index (χ3n) is 3.06. The summed E-state index contributed by atoms with van der Waals surface area (Å²) in [6.07, 6.45) is 5.10. The van der Waals surface area contributed by atoms with Crippen LogP contribution in [0.4, 0.5) is 0 Å². The minimum Gasteiger partial charge on any atom is -0.329 e. The first kappa shape index (κ1) is 15.2. The largest absolute Gasteiger partial charge is 0.329 e. The second-order valence-electron chi connectivity index (χ2n) is 4.53. The topological polar surface area (TPSA) is 29.3 Å². The summed E-state index contributed by atoms with van der Waals surface area (Å²) in [6.45, 7) is 4.00. The predicted octanol–water partition coefficient (Wildman–Crippen LogP) is 3.85. The molecular formula is C13H23BrN2S. The summed E-state index contributed by atoms with van der Waals surface area (Å²) < 4.78 is 1.18. The van der Waals surface area contributed by atoms with Gasteiger partial charge in [-0.1, -0.05) is 26.2 Å². The van der Waals surface area contributed by atoms with Crippen LogP contribution in [-0.2, 0) is 6.54 Å². The number of halogens is 1. The number of thiophene rings is 1. The van der Waals surface area contributed by atoms with E-state index in [1.165, 1.54) is 35.0 Å². The summed E-state index contributed by atoms with van der Waals surface area (Å²) in [5.74, 6) is 0. The first-order valence-corrected chi connectivity index (χ1v) is 7.97. The van der Waals surface area contributed by atoms with Crippen LogP contribution < -0.4 is 5.73 Å². The van der Waals surface area contributed by atoms with E-state index < -0.39 is 0 Å². The Hall–Kier alpha value is 0.1000. The van der Waals surface area contributed by atoms with Gasteiger partial charge in [0.1, 0.15) is 0 Å². The normalized spacial score (nSPS) is 13.2. The fourth-order valence-corrected chi connectivity index (χ4v) is 3.47. The molecule has 0 aromatic carbocycles. The predicted molar refractivity (Wildman–Crippen MR) is 80.5 cm³/mol. The number of unbranched alkanes of at least 4 members (excludes halogenated alkanes) is 2. The minimum absolute atomic E-state index is 0.516. The number of nitrogens with two attached hydrogens (primary N) is 1. The standard InChI is InChI=1S/C13H23BrN2S/c1-3-4-5-6-12(8-15)16(2)9-13-7-11(14)10-17-13/h7,10,12H,3-6,8-9,15H2,1-2H3. The van der Waals surface area contributed by atoms with E-state index >= 15 is 0 Å². The van der Waals surface area contributed by atoms with E-state index in [0.29, 0.717) is 6.04 Å². The number of hydrogen-bond donors (Lipinski definition) is 1. The Morgan fingerprint density at radius 1 is 1.47 bits per heavy atom. The maximum atomic E-state index is 5.87. The fourth-order valence-electron chi connectivity index (χ4n) is 1.96.